The SMILES string of the molecule is CC[C@@H](C(=O)NC1CCCCC1)N(Cc1ccc(Cl)cc1)C(=O)COc1ccc(I)cc1. The molecule has 0 aliphatic heterocycles. The summed E-state index contributed by atoms with van der Waals surface area (Å²) in [6.07, 6.45) is 6.03. The largest absolute Gasteiger partial charge is 0.484 e. The van der Waals surface area contributed by atoms with Gasteiger partial charge in [-0.3, -0.25) is 9.59 Å². The summed E-state index contributed by atoms with van der Waals surface area (Å²) < 4.78 is 6.83. The number of hydrogen-bond donors (Lipinski definition) is 1. The second-order valence-corrected chi connectivity index (χ2v) is 9.84. The molecule has 172 valence electrons. The third-order valence-electron chi connectivity index (χ3n) is 5.78. The van der Waals surface area contributed by atoms with Crippen molar-refractivity contribution in [1.29, 1.82) is 0 Å². The van der Waals surface area contributed by atoms with Crippen LogP contribution in [-0.4, -0.2) is 35.4 Å². The molecular formula is C25H30ClIN2O3. The highest BCUT2D eigenvalue weighted by Crippen LogP contribution is 2.20. The first kappa shape index (κ1) is 24.8. The van der Waals surface area contributed by atoms with Gasteiger partial charge >= 0.3 is 0 Å². The average Bonchev–Trinajstić information content (AvgIpc) is 2.80. The Morgan fingerprint density at radius 3 is 2.38 bits per heavy atom. The van der Waals surface area contributed by atoms with Crippen molar-refractivity contribution in [2.75, 3.05) is 6.61 Å². The number of nitrogens with zero attached hydrogens (tertiary/aromatic N) is 1. The molecule has 7 heteroatoms. The van der Waals surface area contributed by atoms with Crippen molar-refractivity contribution < 1.29 is 14.3 Å². The lowest BCUT2D eigenvalue weighted by atomic mass is 9.95. The van der Waals surface area contributed by atoms with Crippen LogP contribution in [0.3, 0.4) is 0 Å². The van der Waals surface area contributed by atoms with Gasteiger partial charge in [-0.2, -0.15) is 0 Å². The lowest BCUT2D eigenvalue weighted by Gasteiger charge is -2.32. The predicted molar refractivity (Wildman–Crippen MR) is 136 cm³/mol. The maximum atomic E-state index is 13.2. The van der Waals surface area contributed by atoms with Crippen LogP contribution in [-0.2, 0) is 16.1 Å². The molecule has 1 N–H and O–H groups in total. The quantitative estimate of drug-likeness (QED) is 0.402. The molecule has 2 aromatic rings. The molecule has 5 nitrogen and oxygen atoms in total. The second-order valence-electron chi connectivity index (χ2n) is 8.16. The van der Waals surface area contributed by atoms with Crippen molar-refractivity contribution in [3.8, 4) is 5.75 Å². The first-order valence-electron chi connectivity index (χ1n) is 11.2. The molecule has 0 radical (unpaired) electrons. The summed E-state index contributed by atoms with van der Waals surface area (Å²) in [5, 5.41) is 3.82. The molecule has 32 heavy (non-hydrogen) atoms. The second kappa shape index (κ2) is 12.4. The van der Waals surface area contributed by atoms with Crippen LogP contribution in [0.5, 0.6) is 5.75 Å². The topological polar surface area (TPSA) is 58.6 Å². The molecule has 2 amide bonds. The van der Waals surface area contributed by atoms with Crippen LogP contribution in [0.15, 0.2) is 48.5 Å². The minimum Gasteiger partial charge on any atom is -0.484 e. The molecule has 1 atom stereocenters. The number of amides is 2. The normalized spacial score (nSPS) is 15.1. The van der Waals surface area contributed by atoms with Crippen LogP contribution in [0, 0.1) is 3.57 Å². The third kappa shape index (κ3) is 7.37. The highest BCUT2D eigenvalue weighted by Gasteiger charge is 2.30. The lowest BCUT2D eigenvalue weighted by molar-refractivity contribution is -0.143. The van der Waals surface area contributed by atoms with E-state index in [9.17, 15) is 9.59 Å². The molecule has 1 fully saturated rings. The standard InChI is InChI=1S/C25H30ClIN2O3/c1-2-23(25(31)28-21-6-4-3-5-7-21)29(16-18-8-10-19(26)11-9-18)24(30)17-32-22-14-12-20(27)13-15-22/h8-15,21,23H,2-7,16-17H2,1H3,(H,28,31)/t23-/m0/s1. The van der Waals surface area contributed by atoms with Gasteiger partial charge in [0.2, 0.25) is 5.91 Å². The molecule has 0 aromatic heterocycles. The molecule has 1 saturated carbocycles. The number of nitrogens with one attached hydrogen (secondary N) is 1. The Morgan fingerprint density at radius 2 is 1.75 bits per heavy atom. The van der Waals surface area contributed by atoms with E-state index in [0.717, 1.165) is 34.8 Å². The van der Waals surface area contributed by atoms with Gasteiger partial charge in [0.1, 0.15) is 11.8 Å². The Morgan fingerprint density at radius 1 is 1.09 bits per heavy atom. The van der Waals surface area contributed by atoms with Crippen LogP contribution in [0.25, 0.3) is 0 Å². The lowest BCUT2D eigenvalue weighted by Crippen LogP contribution is -2.52. The zero-order valence-electron chi connectivity index (χ0n) is 18.4. The van der Waals surface area contributed by atoms with E-state index >= 15 is 0 Å². The zero-order valence-corrected chi connectivity index (χ0v) is 21.3. The smallest absolute Gasteiger partial charge is 0.261 e. The van der Waals surface area contributed by atoms with Crippen LogP contribution >= 0.6 is 34.2 Å². The van der Waals surface area contributed by atoms with Gasteiger partial charge < -0.3 is 15.0 Å². The van der Waals surface area contributed by atoms with E-state index < -0.39 is 6.04 Å². The summed E-state index contributed by atoms with van der Waals surface area (Å²) >= 11 is 8.25. The van der Waals surface area contributed by atoms with Crippen LogP contribution < -0.4 is 10.1 Å². The highest BCUT2D eigenvalue weighted by atomic mass is 127. The fourth-order valence-electron chi connectivity index (χ4n) is 4.01. The van der Waals surface area contributed by atoms with Gasteiger partial charge in [0, 0.05) is 21.2 Å². The number of halogens is 2. The van der Waals surface area contributed by atoms with E-state index in [1.54, 1.807) is 17.0 Å². The van der Waals surface area contributed by atoms with E-state index in [1.807, 2.05) is 43.3 Å². The zero-order chi connectivity index (χ0) is 22.9. The summed E-state index contributed by atoms with van der Waals surface area (Å²) in [6, 6.07) is 14.5. The summed E-state index contributed by atoms with van der Waals surface area (Å²) in [4.78, 5) is 28.1. The minimum absolute atomic E-state index is 0.0871. The average molecular weight is 569 g/mol. The summed E-state index contributed by atoms with van der Waals surface area (Å²) in [5.41, 5.74) is 0.918. The number of benzene rings is 2. The molecule has 0 heterocycles. The molecule has 0 unspecified atom stereocenters. The van der Waals surface area contributed by atoms with Gasteiger partial charge in [-0.25, -0.2) is 0 Å². The molecule has 0 spiro atoms. The third-order valence-corrected chi connectivity index (χ3v) is 6.75. The van der Waals surface area contributed by atoms with Gasteiger partial charge in [0.15, 0.2) is 6.61 Å². The number of carbonyl (C=O) groups is 2. The van der Waals surface area contributed by atoms with Crippen molar-refractivity contribution in [2.45, 2.75) is 64.1 Å². The van der Waals surface area contributed by atoms with Gasteiger partial charge in [-0.15, -0.1) is 0 Å². The van der Waals surface area contributed by atoms with Gasteiger partial charge in [0.25, 0.3) is 5.91 Å². The van der Waals surface area contributed by atoms with Crippen molar-refractivity contribution in [3.05, 3.63) is 62.7 Å². The molecule has 1 aliphatic rings. The van der Waals surface area contributed by atoms with Gasteiger partial charge in [-0.1, -0.05) is 49.9 Å². The molecule has 2 aromatic carbocycles. The van der Waals surface area contributed by atoms with Crippen LogP contribution in [0.4, 0.5) is 0 Å². The first-order valence-corrected chi connectivity index (χ1v) is 12.6. The van der Waals surface area contributed by atoms with E-state index in [4.69, 9.17) is 16.3 Å². The first-order chi connectivity index (χ1) is 15.5. The predicted octanol–water partition coefficient (Wildman–Crippen LogP) is 5.58. The Bertz CT molecular complexity index is 883. The molecule has 3 rings (SSSR count). The Labute approximate surface area is 209 Å². The number of rotatable bonds is 9. The van der Waals surface area contributed by atoms with E-state index in [0.29, 0.717) is 23.7 Å². The number of carbonyl (C=O) groups excluding carboxylic acids is 2. The highest BCUT2D eigenvalue weighted by molar-refractivity contribution is 14.1. The van der Waals surface area contributed by atoms with E-state index in [-0.39, 0.29) is 24.5 Å². The monoisotopic (exact) mass is 568 g/mol. The van der Waals surface area contributed by atoms with Gasteiger partial charge in [0.05, 0.1) is 0 Å². The number of ether oxygens (including phenoxy) is 1. The molecular weight excluding hydrogens is 539 g/mol. The fraction of sp³-hybridized carbons (Fsp3) is 0.440. The minimum atomic E-state index is -0.555. The van der Waals surface area contributed by atoms with E-state index in [2.05, 4.69) is 27.9 Å². The van der Waals surface area contributed by atoms with Gasteiger partial charge in [-0.05, 0) is 83.8 Å². The van der Waals surface area contributed by atoms with Crippen molar-refractivity contribution in [1.82, 2.24) is 10.2 Å². The Hall–Kier alpha value is -1.80. The van der Waals surface area contributed by atoms with E-state index in [1.165, 1.54) is 6.42 Å². The van der Waals surface area contributed by atoms with Crippen molar-refractivity contribution in [2.24, 2.45) is 0 Å². The maximum absolute atomic E-state index is 13.2. The van der Waals surface area contributed by atoms with Crippen LogP contribution in [0.1, 0.15) is 51.0 Å². The van der Waals surface area contributed by atoms with Crippen molar-refractivity contribution in [3.63, 3.8) is 0 Å². The molecule has 1 aliphatic carbocycles. The summed E-state index contributed by atoms with van der Waals surface area (Å²) in [6.45, 7) is 2.14. The molecule has 0 saturated heterocycles. The molecule has 0 bridgehead atoms. The Balaban J connectivity index is 1.73. The fourth-order valence-corrected chi connectivity index (χ4v) is 4.49. The number of hydrogen-bond acceptors (Lipinski definition) is 3. The summed E-state index contributed by atoms with van der Waals surface area (Å²) in [5.74, 6) is 0.324. The summed E-state index contributed by atoms with van der Waals surface area (Å²) in [7, 11) is 0. The van der Waals surface area contributed by atoms with Crippen LogP contribution in [0.2, 0.25) is 5.02 Å². The maximum Gasteiger partial charge on any atom is 0.261 e. The van der Waals surface area contributed by atoms with Crippen molar-refractivity contribution >= 4 is 46.0 Å². The Kier molecular flexibility index (Phi) is 9.66.